The molecule has 0 saturated heterocycles. The van der Waals surface area contributed by atoms with E-state index >= 15 is 0 Å². The summed E-state index contributed by atoms with van der Waals surface area (Å²) in [5, 5.41) is 14.8. The third-order valence-electron chi connectivity index (χ3n) is 3.85. The molecule has 3 rings (SSSR count). The van der Waals surface area contributed by atoms with Crippen LogP contribution >= 0.6 is 0 Å². The summed E-state index contributed by atoms with van der Waals surface area (Å²) in [7, 11) is 0. The number of aliphatic hydroxyl groups is 1. The Hall–Kier alpha value is -1.87. The second-order valence-corrected chi connectivity index (χ2v) is 5.33. The maximum atomic E-state index is 10.5. The molecule has 0 radical (unpaired) electrons. The van der Waals surface area contributed by atoms with Crippen LogP contribution in [0.1, 0.15) is 43.9 Å². The van der Waals surface area contributed by atoms with Crippen molar-refractivity contribution in [2.75, 3.05) is 0 Å². The van der Waals surface area contributed by atoms with E-state index in [1.165, 1.54) is 18.4 Å². The topological polar surface area (TPSA) is 38.1 Å². The fourth-order valence-corrected chi connectivity index (χ4v) is 2.79. The van der Waals surface area contributed by atoms with Gasteiger partial charge in [0.25, 0.3) is 0 Å². The number of benzene rings is 1. The van der Waals surface area contributed by atoms with Crippen molar-refractivity contribution >= 4 is 0 Å². The zero-order chi connectivity index (χ0) is 13.8. The van der Waals surface area contributed by atoms with Crippen molar-refractivity contribution in [3.63, 3.8) is 0 Å². The minimum absolute atomic E-state index is 0.484. The van der Waals surface area contributed by atoms with Gasteiger partial charge in [-0.1, -0.05) is 29.8 Å². The molecule has 0 fully saturated rings. The van der Waals surface area contributed by atoms with Crippen LogP contribution in [0.4, 0.5) is 0 Å². The standard InChI is InChI=1S/C17H20N2O/c20-17(13-14-7-3-1-4-8-14)16-11-12-18-19(16)15-9-5-2-6-10-15/h2,5-7,9-12,17,20H,1,3-4,8,13H2. The van der Waals surface area contributed by atoms with Gasteiger partial charge >= 0.3 is 0 Å². The van der Waals surface area contributed by atoms with Crippen molar-refractivity contribution in [3.05, 3.63) is 59.9 Å². The molecular formula is C17H20N2O. The lowest BCUT2D eigenvalue weighted by molar-refractivity contribution is 0.168. The van der Waals surface area contributed by atoms with Gasteiger partial charge in [-0.25, -0.2) is 4.68 Å². The number of hydrogen-bond acceptors (Lipinski definition) is 2. The number of rotatable bonds is 4. The molecule has 1 heterocycles. The number of hydrogen-bond donors (Lipinski definition) is 1. The van der Waals surface area contributed by atoms with Gasteiger partial charge in [0.05, 0.1) is 17.5 Å². The fourth-order valence-electron chi connectivity index (χ4n) is 2.79. The van der Waals surface area contributed by atoms with Gasteiger partial charge in [0.1, 0.15) is 0 Å². The first-order valence-corrected chi connectivity index (χ1v) is 7.30. The Morgan fingerprint density at radius 2 is 2.00 bits per heavy atom. The minimum Gasteiger partial charge on any atom is -0.386 e. The first-order chi connectivity index (χ1) is 9.84. The summed E-state index contributed by atoms with van der Waals surface area (Å²) in [5.41, 5.74) is 3.23. The zero-order valence-corrected chi connectivity index (χ0v) is 11.6. The van der Waals surface area contributed by atoms with Crippen LogP contribution in [0, 0.1) is 0 Å². The van der Waals surface area contributed by atoms with Crippen molar-refractivity contribution in [2.45, 2.75) is 38.2 Å². The molecule has 1 unspecified atom stereocenters. The van der Waals surface area contributed by atoms with Gasteiger partial charge in [-0.05, 0) is 50.3 Å². The van der Waals surface area contributed by atoms with Crippen molar-refractivity contribution in [1.29, 1.82) is 0 Å². The lowest BCUT2D eigenvalue weighted by Gasteiger charge is -2.17. The van der Waals surface area contributed by atoms with Gasteiger partial charge in [0.2, 0.25) is 0 Å². The molecule has 1 N–H and O–H groups in total. The molecule has 1 aromatic carbocycles. The summed E-state index contributed by atoms with van der Waals surface area (Å²) in [6.45, 7) is 0. The predicted molar refractivity (Wildman–Crippen MR) is 79.7 cm³/mol. The van der Waals surface area contributed by atoms with Crippen molar-refractivity contribution in [3.8, 4) is 5.69 Å². The molecule has 0 spiro atoms. The van der Waals surface area contributed by atoms with E-state index in [4.69, 9.17) is 0 Å². The highest BCUT2D eigenvalue weighted by atomic mass is 16.3. The molecule has 20 heavy (non-hydrogen) atoms. The highest BCUT2D eigenvalue weighted by molar-refractivity contribution is 5.33. The lowest BCUT2D eigenvalue weighted by atomic mass is 9.94. The summed E-state index contributed by atoms with van der Waals surface area (Å²) in [6, 6.07) is 11.9. The van der Waals surface area contributed by atoms with Crippen molar-refractivity contribution < 1.29 is 5.11 Å². The number of para-hydroxylation sites is 1. The molecular weight excluding hydrogens is 248 g/mol. The second-order valence-electron chi connectivity index (χ2n) is 5.33. The largest absolute Gasteiger partial charge is 0.386 e. The molecule has 104 valence electrons. The maximum Gasteiger partial charge on any atom is 0.0998 e. The van der Waals surface area contributed by atoms with E-state index in [1.807, 2.05) is 41.1 Å². The summed E-state index contributed by atoms with van der Waals surface area (Å²) < 4.78 is 1.83. The van der Waals surface area contributed by atoms with Gasteiger partial charge in [-0.15, -0.1) is 0 Å². The fraction of sp³-hybridized carbons (Fsp3) is 0.353. The van der Waals surface area contributed by atoms with E-state index in [0.717, 1.165) is 30.6 Å². The molecule has 0 amide bonds. The van der Waals surface area contributed by atoms with Gasteiger partial charge in [0, 0.05) is 6.20 Å². The monoisotopic (exact) mass is 268 g/mol. The summed E-state index contributed by atoms with van der Waals surface area (Å²) in [4.78, 5) is 0. The Bertz CT molecular complexity index is 586. The van der Waals surface area contributed by atoms with Gasteiger partial charge < -0.3 is 5.11 Å². The van der Waals surface area contributed by atoms with Crippen LogP contribution in [-0.2, 0) is 0 Å². The average molecular weight is 268 g/mol. The Morgan fingerprint density at radius 3 is 2.75 bits per heavy atom. The number of aromatic nitrogens is 2. The second kappa shape index (κ2) is 6.06. The SMILES string of the molecule is OC(CC1=CCCCC1)c1ccnn1-c1ccccc1. The van der Waals surface area contributed by atoms with Crippen LogP contribution in [0.15, 0.2) is 54.2 Å². The molecule has 1 aliphatic carbocycles. The Balaban J connectivity index is 1.80. The number of nitrogens with zero attached hydrogens (tertiary/aromatic N) is 2. The van der Waals surface area contributed by atoms with E-state index < -0.39 is 6.10 Å². The molecule has 3 nitrogen and oxygen atoms in total. The van der Waals surface area contributed by atoms with Crippen molar-refractivity contribution in [2.24, 2.45) is 0 Å². The first-order valence-electron chi connectivity index (χ1n) is 7.30. The van der Waals surface area contributed by atoms with Crippen LogP contribution in [-0.4, -0.2) is 14.9 Å². The van der Waals surface area contributed by atoms with Crippen LogP contribution < -0.4 is 0 Å². The van der Waals surface area contributed by atoms with E-state index in [2.05, 4.69) is 11.2 Å². The van der Waals surface area contributed by atoms with E-state index in [-0.39, 0.29) is 0 Å². The summed E-state index contributed by atoms with van der Waals surface area (Å²) in [5.74, 6) is 0. The summed E-state index contributed by atoms with van der Waals surface area (Å²) in [6.07, 6.45) is 9.08. The average Bonchev–Trinajstić information content (AvgIpc) is 2.99. The zero-order valence-electron chi connectivity index (χ0n) is 11.6. The first kappa shape index (κ1) is 13.1. The molecule has 2 aromatic rings. The highest BCUT2D eigenvalue weighted by Gasteiger charge is 2.16. The van der Waals surface area contributed by atoms with E-state index in [1.54, 1.807) is 6.20 Å². The molecule has 0 bridgehead atoms. The third-order valence-corrected chi connectivity index (χ3v) is 3.85. The van der Waals surface area contributed by atoms with Gasteiger partial charge in [0.15, 0.2) is 0 Å². The molecule has 1 aliphatic rings. The number of allylic oxidation sites excluding steroid dienone is 1. The van der Waals surface area contributed by atoms with Crippen LogP contribution in [0.5, 0.6) is 0 Å². The lowest BCUT2D eigenvalue weighted by Crippen LogP contribution is -2.09. The molecule has 0 saturated carbocycles. The molecule has 0 aliphatic heterocycles. The normalized spacial score (nSPS) is 16.8. The smallest absolute Gasteiger partial charge is 0.0998 e. The molecule has 3 heteroatoms. The Morgan fingerprint density at radius 1 is 1.15 bits per heavy atom. The quantitative estimate of drug-likeness (QED) is 0.857. The van der Waals surface area contributed by atoms with Crippen molar-refractivity contribution in [1.82, 2.24) is 9.78 Å². The van der Waals surface area contributed by atoms with E-state index in [9.17, 15) is 5.11 Å². The minimum atomic E-state index is -0.484. The molecule has 1 aromatic heterocycles. The van der Waals surface area contributed by atoms with Crippen LogP contribution in [0.3, 0.4) is 0 Å². The Kier molecular flexibility index (Phi) is 3.97. The van der Waals surface area contributed by atoms with Crippen LogP contribution in [0.25, 0.3) is 5.69 Å². The maximum absolute atomic E-state index is 10.5. The Labute approximate surface area is 119 Å². The van der Waals surface area contributed by atoms with Crippen LogP contribution in [0.2, 0.25) is 0 Å². The number of aliphatic hydroxyl groups excluding tert-OH is 1. The van der Waals surface area contributed by atoms with E-state index in [0.29, 0.717) is 0 Å². The molecule has 1 atom stereocenters. The summed E-state index contributed by atoms with van der Waals surface area (Å²) >= 11 is 0. The van der Waals surface area contributed by atoms with Gasteiger partial charge in [-0.2, -0.15) is 5.10 Å². The highest BCUT2D eigenvalue weighted by Crippen LogP contribution is 2.28. The van der Waals surface area contributed by atoms with Gasteiger partial charge in [-0.3, -0.25) is 0 Å². The third kappa shape index (κ3) is 2.83. The predicted octanol–water partition coefficient (Wildman–Crippen LogP) is 3.80.